The van der Waals surface area contributed by atoms with Crippen molar-refractivity contribution in [1.82, 2.24) is 0 Å². The number of carbonyl (C=O) groups is 4. The van der Waals surface area contributed by atoms with Gasteiger partial charge in [0.2, 0.25) is 11.8 Å². The minimum atomic E-state index is -1.07. The second-order valence-corrected chi connectivity index (χ2v) is 7.08. The van der Waals surface area contributed by atoms with Crippen LogP contribution >= 0.6 is 0 Å². The highest BCUT2D eigenvalue weighted by molar-refractivity contribution is 6.10. The average Bonchev–Trinajstić information content (AvgIpc) is 2.74. The van der Waals surface area contributed by atoms with Crippen LogP contribution in [0, 0.1) is 11.7 Å². The molecular formula is C23H21FN2O5. The number of allylic oxidation sites excluding steroid dienone is 1. The van der Waals surface area contributed by atoms with Gasteiger partial charge in [0.25, 0.3) is 0 Å². The Morgan fingerprint density at radius 1 is 1.06 bits per heavy atom. The molecule has 160 valence electrons. The monoisotopic (exact) mass is 424 g/mol. The highest BCUT2D eigenvalue weighted by atomic mass is 19.1. The Hall–Kier alpha value is -3.81. The van der Waals surface area contributed by atoms with Gasteiger partial charge in [0.15, 0.2) is 5.78 Å². The third-order valence-corrected chi connectivity index (χ3v) is 5.07. The Morgan fingerprint density at radius 3 is 2.23 bits per heavy atom. The maximum absolute atomic E-state index is 13.3. The summed E-state index contributed by atoms with van der Waals surface area (Å²) >= 11 is 0. The normalized spacial score (nSPS) is 16.2. The van der Waals surface area contributed by atoms with E-state index in [0.29, 0.717) is 16.9 Å². The van der Waals surface area contributed by atoms with E-state index in [0.717, 1.165) is 0 Å². The van der Waals surface area contributed by atoms with Crippen molar-refractivity contribution in [3.05, 3.63) is 71.2 Å². The van der Waals surface area contributed by atoms with Gasteiger partial charge in [-0.05, 0) is 62.4 Å². The predicted molar refractivity (Wildman–Crippen MR) is 112 cm³/mol. The zero-order chi connectivity index (χ0) is 22.7. The van der Waals surface area contributed by atoms with Gasteiger partial charge in [0.1, 0.15) is 5.82 Å². The number of ether oxygens (including phenoxy) is 1. The number of Topliss-reactive ketones (excluding diaryl/α,β-unsaturated/α-hetero) is 1. The molecule has 1 aliphatic heterocycles. The van der Waals surface area contributed by atoms with Crippen LogP contribution in [0.4, 0.5) is 15.8 Å². The molecular weight excluding hydrogens is 403 g/mol. The predicted octanol–water partition coefficient (Wildman–Crippen LogP) is 3.47. The smallest absolute Gasteiger partial charge is 0.336 e. The molecule has 0 aliphatic carbocycles. The van der Waals surface area contributed by atoms with Crippen molar-refractivity contribution < 1.29 is 28.3 Å². The van der Waals surface area contributed by atoms with Gasteiger partial charge in [-0.3, -0.25) is 19.3 Å². The topological polar surface area (TPSA) is 92.8 Å². The van der Waals surface area contributed by atoms with Crippen LogP contribution in [0.2, 0.25) is 0 Å². The Balaban J connectivity index is 1.94. The van der Waals surface area contributed by atoms with E-state index in [1.807, 2.05) is 0 Å². The average molecular weight is 424 g/mol. The number of hydrogen-bond acceptors (Lipinski definition) is 5. The molecule has 7 nitrogen and oxygen atoms in total. The maximum Gasteiger partial charge on any atom is 0.336 e. The molecule has 2 amide bonds. The van der Waals surface area contributed by atoms with Gasteiger partial charge in [-0.1, -0.05) is 0 Å². The number of hydrogen-bond donors (Lipinski definition) is 1. The fraction of sp³-hybridized carbons (Fsp3) is 0.217. The molecule has 0 radical (unpaired) electrons. The molecule has 2 aromatic rings. The van der Waals surface area contributed by atoms with E-state index in [2.05, 4.69) is 5.32 Å². The summed E-state index contributed by atoms with van der Waals surface area (Å²) < 4.78 is 18.1. The largest absolute Gasteiger partial charge is 0.466 e. The number of carbonyl (C=O) groups excluding carboxylic acids is 4. The number of anilines is 2. The molecule has 1 heterocycles. The first kappa shape index (κ1) is 21.9. The lowest BCUT2D eigenvalue weighted by molar-refractivity contribution is -0.138. The number of halogens is 1. The van der Waals surface area contributed by atoms with Gasteiger partial charge in [-0.15, -0.1) is 0 Å². The summed E-state index contributed by atoms with van der Waals surface area (Å²) in [6, 6.07) is 11.5. The van der Waals surface area contributed by atoms with E-state index in [4.69, 9.17) is 4.74 Å². The van der Waals surface area contributed by atoms with Crippen molar-refractivity contribution in [3.8, 4) is 0 Å². The van der Waals surface area contributed by atoms with Crippen molar-refractivity contribution in [2.75, 3.05) is 17.3 Å². The summed E-state index contributed by atoms with van der Waals surface area (Å²) in [6.45, 7) is 2.97. The molecule has 3 rings (SSSR count). The molecule has 0 fully saturated rings. The molecule has 8 heteroatoms. The van der Waals surface area contributed by atoms with Gasteiger partial charge in [-0.2, -0.15) is 0 Å². The molecule has 1 N–H and O–H groups in total. The van der Waals surface area contributed by atoms with E-state index >= 15 is 0 Å². The van der Waals surface area contributed by atoms with Crippen molar-refractivity contribution in [2.24, 2.45) is 5.92 Å². The van der Waals surface area contributed by atoms with Crippen LogP contribution in [0.1, 0.15) is 30.6 Å². The van der Waals surface area contributed by atoms with Gasteiger partial charge < -0.3 is 10.1 Å². The molecule has 2 aromatic carbocycles. The number of esters is 1. The molecule has 0 saturated carbocycles. The number of rotatable bonds is 5. The minimum Gasteiger partial charge on any atom is -0.466 e. The first-order valence-corrected chi connectivity index (χ1v) is 9.52. The molecule has 0 spiro atoms. The number of nitrogens with zero attached hydrogens (tertiary/aromatic N) is 1. The molecule has 31 heavy (non-hydrogen) atoms. The first-order valence-electron chi connectivity index (χ1n) is 9.52. The van der Waals surface area contributed by atoms with Crippen LogP contribution in [0.5, 0.6) is 0 Å². The molecule has 0 saturated heterocycles. The van der Waals surface area contributed by atoms with E-state index in [9.17, 15) is 23.6 Å². The lowest BCUT2D eigenvalue weighted by Gasteiger charge is -2.33. The highest BCUT2D eigenvalue weighted by Gasteiger charge is 2.40. The molecule has 0 unspecified atom stereocenters. The van der Waals surface area contributed by atoms with Crippen LogP contribution in [0.15, 0.2) is 59.8 Å². The van der Waals surface area contributed by atoms with Crippen LogP contribution in [0.3, 0.4) is 0 Å². The summed E-state index contributed by atoms with van der Waals surface area (Å²) in [5.41, 5.74) is 1.58. The lowest BCUT2D eigenvalue weighted by Crippen LogP contribution is -2.43. The van der Waals surface area contributed by atoms with Crippen molar-refractivity contribution in [3.63, 3.8) is 0 Å². The Kier molecular flexibility index (Phi) is 6.29. The SMILES string of the molecule is COC(=O)C1=C(C)N(c2ccc(F)cc2)C(=O)C[C@@H]1C(=O)Nc1ccc(C(C)=O)cc1. The first-order chi connectivity index (χ1) is 14.7. The van der Waals surface area contributed by atoms with E-state index in [1.54, 1.807) is 24.3 Å². The second kappa shape index (κ2) is 8.91. The zero-order valence-electron chi connectivity index (χ0n) is 17.3. The van der Waals surface area contributed by atoms with Crippen molar-refractivity contribution in [2.45, 2.75) is 20.3 Å². The van der Waals surface area contributed by atoms with Gasteiger partial charge in [0.05, 0.1) is 18.6 Å². The summed E-state index contributed by atoms with van der Waals surface area (Å²) in [5.74, 6) is -3.33. The Morgan fingerprint density at radius 2 is 1.68 bits per heavy atom. The Bertz CT molecular complexity index is 1070. The third-order valence-electron chi connectivity index (χ3n) is 5.07. The third kappa shape index (κ3) is 4.53. The highest BCUT2D eigenvalue weighted by Crippen LogP contribution is 2.34. The van der Waals surface area contributed by atoms with Crippen LogP contribution < -0.4 is 10.2 Å². The van der Waals surface area contributed by atoms with Crippen LogP contribution in [-0.2, 0) is 19.1 Å². The molecule has 1 atom stereocenters. The molecule has 1 aliphatic rings. The van der Waals surface area contributed by atoms with Crippen LogP contribution in [0.25, 0.3) is 0 Å². The fourth-order valence-electron chi connectivity index (χ4n) is 3.50. The quantitative estimate of drug-likeness (QED) is 0.586. The summed E-state index contributed by atoms with van der Waals surface area (Å²) in [7, 11) is 1.19. The minimum absolute atomic E-state index is 0.0456. The van der Waals surface area contributed by atoms with E-state index < -0.39 is 29.5 Å². The van der Waals surface area contributed by atoms with Gasteiger partial charge in [0, 0.05) is 29.1 Å². The van der Waals surface area contributed by atoms with Gasteiger partial charge >= 0.3 is 5.97 Å². The summed E-state index contributed by atoms with van der Waals surface area (Å²) in [6.07, 6.45) is -0.267. The second-order valence-electron chi connectivity index (χ2n) is 7.08. The number of nitrogens with one attached hydrogen (secondary N) is 1. The van der Waals surface area contributed by atoms with E-state index in [1.165, 1.54) is 50.1 Å². The van der Waals surface area contributed by atoms with Crippen LogP contribution in [-0.4, -0.2) is 30.7 Å². The fourth-order valence-corrected chi connectivity index (χ4v) is 3.50. The van der Waals surface area contributed by atoms with Crippen molar-refractivity contribution in [1.29, 1.82) is 0 Å². The molecule has 0 aromatic heterocycles. The van der Waals surface area contributed by atoms with Crippen molar-refractivity contribution >= 4 is 34.9 Å². The Labute approximate surface area is 178 Å². The zero-order valence-corrected chi connectivity index (χ0v) is 17.3. The van der Waals surface area contributed by atoms with E-state index in [-0.39, 0.29) is 23.5 Å². The maximum atomic E-state index is 13.3. The summed E-state index contributed by atoms with van der Waals surface area (Å²) in [5, 5.41) is 2.68. The van der Waals surface area contributed by atoms with Gasteiger partial charge in [-0.25, -0.2) is 9.18 Å². The summed E-state index contributed by atoms with van der Waals surface area (Å²) in [4.78, 5) is 51.0. The number of methoxy groups -OCH3 is 1. The lowest BCUT2D eigenvalue weighted by atomic mass is 9.88. The molecule has 0 bridgehead atoms. The number of ketones is 1. The number of benzene rings is 2. The number of amides is 2. The standard InChI is InChI=1S/C23H21FN2O5/c1-13-21(23(30)31-3)19(12-20(28)26(13)18-10-6-16(24)7-11-18)22(29)25-17-8-4-15(5-9-17)14(2)27/h4-11,19H,12H2,1-3H3,(H,25,29)/t19-/m0/s1.